The molecule has 0 heterocycles. The van der Waals surface area contributed by atoms with Crippen molar-refractivity contribution in [3.05, 3.63) is 0 Å². The molecule has 0 aliphatic heterocycles. The molecule has 0 aromatic rings. The highest BCUT2D eigenvalue weighted by atomic mass is 16.4. The topological polar surface area (TPSA) is 172 Å². The molecule has 0 bridgehead atoms. The lowest BCUT2D eigenvalue weighted by Crippen LogP contribution is -2.47. The van der Waals surface area contributed by atoms with Crippen molar-refractivity contribution in [1.82, 2.24) is 26.6 Å². The Balaban J connectivity index is 3.73. The zero-order chi connectivity index (χ0) is 24.0. The van der Waals surface area contributed by atoms with E-state index in [1.807, 2.05) is 7.05 Å². The first-order chi connectivity index (χ1) is 15.4. The fourth-order valence-electron chi connectivity index (χ4n) is 3.13. The van der Waals surface area contributed by atoms with Crippen molar-refractivity contribution in [1.29, 1.82) is 0 Å². The number of carboxylic acid groups (broad SMARTS) is 3. The van der Waals surface area contributed by atoms with Crippen molar-refractivity contribution in [3.63, 3.8) is 0 Å². The van der Waals surface area contributed by atoms with E-state index in [1.165, 1.54) is 25.7 Å². The summed E-state index contributed by atoms with van der Waals surface area (Å²) in [5.74, 6) is -3.23. The normalized spacial score (nSPS) is 13.0. The van der Waals surface area contributed by atoms with Gasteiger partial charge in [-0.2, -0.15) is 0 Å². The molecule has 0 aromatic carbocycles. The van der Waals surface area contributed by atoms with Crippen molar-refractivity contribution in [2.24, 2.45) is 0 Å². The largest absolute Gasteiger partial charge is 0.481 e. The summed E-state index contributed by atoms with van der Waals surface area (Å²) < 4.78 is 0. The number of hydrogen-bond donors (Lipinski definition) is 8. The van der Waals surface area contributed by atoms with Gasteiger partial charge in [0.05, 0.1) is 0 Å². The summed E-state index contributed by atoms with van der Waals surface area (Å²) in [5.41, 5.74) is 0. The van der Waals surface area contributed by atoms with E-state index in [0.717, 1.165) is 45.6 Å². The summed E-state index contributed by atoms with van der Waals surface area (Å²) >= 11 is 0. The van der Waals surface area contributed by atoms with Gasteiger partial charge in [-0.25, -0.2) is 0 Å². The third-order valence-electron chi connectivity index (χ3n) is 5.05. The highest BCUT2D eigenvalue weighted by Gasteiger charge is 2.20. The van der Waals surface area contributed by atoms with Gasteiger partial charge in [0.2, 0.25) is 0 Å². The molecule has 188 valence electrons. The molecular formula is C21H43N5O6. The standard InChI is InChI=1S/C21H43N5O6/c1-22-11-5-2-3-6-12-23-14-15-24-13-7-4-8-17(20(29)30)25-16-26-18(21(31)32)9-10-19(27)28/h17-18,22-26H,2-16H2,1H3,(H,27,28)(H,29,30)(H,31,32). The van der Waals surface area contributed by atoms with Crippen LogP contribution in [-0.4, -0.2) is 91.8 Å². The lowest BCUT2D eigenvalue weighted by molar-refractivity contribution is -0.141. The highest BCUT2D eigenvalue weighted by molar-refractivity contribution is 5.75. The number of hydrogen-bond acceptors (Lipinski definition) is 8. The average molecular weight is 462 g/mol. The van der Waals surface area contributed by atoms with Crippen molar-refractivity contribution in [2.45, 2.75) is 69.9 Å². The molecule has 11 heteroatoms. The van der Waals surface area contributed by atoms with Crippen LogP contribution in [0.5, 0.6) is 0 Å². The molecule has 8 N–H and O–H groups in total. The SMILES string of the molecule is CNCCCCCCNCCNCCCCC(NCNC(CCC(=O)O)C(=O)O)C(=O)O. The van der Waals surface area contributed by atoms with Gasteiger partial charge in [-0.1, -0.05) is 19.3 Å². The molecular weight excluding hydrogens is 418 g/mol. The number of carbonyl (C=O) groups is 3. The average Bonchev–Trinajstić information content (AvgIpc) is 2.74. The fraction of sp³-hybridized carbons (Fsp3) is 0.857. The van der Waals surface area contributed by atoms with Gasteiger partial charge in [0.15, 0.2) is 0 Å². The van der Waals surface area contributed by atoms with Crippen LogP contribution in [0.4, 0.5) is 0 Å². The number of rotatable bonds is 24. The minimum Gasteiger partial charge on any atom is -0.481 e. The van der Waals surface area contributed by atoms with E-state index in [0.29, 0.717) is 6.42 Å². The zero-order valence-electron chi connectivity index (χ0n) is 19.3. The van der Waals surface area contributed by atoms with E-state index in [4.69, 9.17) is 10.2 Å². The number of nitrogens with one attached hydrogen (secondary N) is 5. The molecule has 0 saturated carbocycles. The Hall–Kier alpha value is -1.79. The van der Waals surface area contributed by atoms with Crippen molar-refractivity contribution < 1.29 is 29.7 Å². The van der Waals surface area contributed by atoms with Crippen molar-refractivity contribution in [3.8, 4) is 0 Å². The second-order valence-electron chi connectivity index (χ2n) is 7.81. The molecule has 0 spiro atoms. The summed E-state index contributed by atoms with van der Waals surface area (Å²) in [6.07, 6.45) is 6.57. The molecule has 0 fully saturated rings. The van der Waals surface area contributed by atoms with E-state index in [9.17, 15) is 19.5 Å². The van der Waals surface area contributed by atoms with Gasteiger partial charge in [-0.15, -0.1) is 0 Å². The summed E-state index contributed by atoms with van der Waals surface area (Å²) in [6.45, 7) is 4.68. The third-order valence-corrected chi connectivity index (χ3v) is 5.05. The summed E-state index contributed by atoms with van der Waals surface area (Å²) in [6, 6.07) is -1.82. The molecule has 0 rings (SSSR count). The molecule has 0 saturated heterocycles. The Bertz CT molecular complexity index is 509. The maximum atomic E-state index is 11.4. The van der Waals surface area contributed by atoms with Crippen LogP contribution in [0.15, 0.2) is 0 Å². The monoisotopic (exact) mass is 461 g/mol. The molecule has 0 radical (unpaired) electrons. The Morgan fingerprint density at radius 2 is 1.16 bits per heavy atom. The Kier molecular flexibility index (Phi) is 19.9. The predicted molar refractivity (Wildman–Crippen MR) is 123 cm³/mol. The van der Waals surface area contributed by atoms with Crippen LogP contribution in [0.25, 0.3) is 0 Å². The third kappa shape index (κ3) is 18.9. The number of aliphatic carboxylic acids is 3. The van der Waals surface area contributed by atoms with Gasteiger partial charge >= 0.3 is 17.9 Å². The molecule has 11 nitrogen and oxygen atoms in total. The molecule has 32 heavy (non-hydrogen) atoms. The van der Waals surface area contributed by atoms with Gasteiger partial charge in [0.1, 0.15) is 12.1 Å². The van der Waals surface area contributed by atoms with Gasteiger partial charge < -0.3 is 31.3 Å². The molecule has 2 atom stereocenters. The van der Waals surface area contributed by atoms with E-state index < -0.39 is 30.0 Å². The zero-order valence-corrected chi connectivity index (χ0v) is 19.3. The molecule has 0 aliphatic carbocycles. The molecule has 0 amide bonds. The number of unbranched alkanes of at least 4 members (excludes halogenated alkanes) is 4. The van der Waals surface area contributed by atoms with Gasteiger partial charge in [-0.05, 0) is 58.8 Å². The van der Waals surface area contributed by atoms with Crippen molar-refractivity contribution in [2.75, 3.05) is 46.4 Å². The smallest absolute Gasteiger partial charge is 0.320 e. The van der Waals surface area contributed by atoms with Gasteiger partial charge in [0, 0.05) is 26.2 Å². The fourth-order valence-corrected chi connectivity index (χ4v) is 3.13. The van der Waals surface area contributed by atoms with Gasteiger partial charge in [0.25, 0.3) is 0 Å². The van der Waals surface area contributed by atoms with E-state index in [-0.39, 0.29) is 19.5 Å². The van der Waals surface area contributed by atoms with Crippen LogP contribution in [0.2, 0.25) is 0 Å². The Morgan fingerprint density at radius 1 is 0.656 bits per heavy atom. The van der Waals surface area contributed by atoms with Crippen LogP contribution in [0, 0.1) is 0 Å². The summed E-state index contributed by atoms with van der Waals surface area (Å²) in [7, 11) is 1.97. The minimum absolute atomic E-state index is 0.0209. The lowest BCUT2D eigenvalue weighted by Gasteiger charge is -2.18. The van der Waals surface area contributed by atoms with E-state index in [2.05, 4.69) is 26.6 Å². The molecule has 0 aliphatic rings. The second-order valence-corrected chi connectivity index (χ2v) is 7.81. The maximum absolute atomic E-state index is 11.4. The van der Waals surface area contributed by atoms with Crippen LogP contribution in [-0.2, 0) is 14.4 Å². The van der Waals surface area contributed by atoms with Crippen LogP contribution >= 0.6 is 0 Å². The first-order valence-electron chi connectivity index (χ1n) is 11.6. The lowest BCUT2D eigenvalue weighted by atomic mass is 10.1. The first kappa shape index (κ1) is 30.2. The highest BCUT2D eigenvalue weighted by Crippen LogP contribution is 2.02. The summed E-state index contributed by atoms with van der Waals surface area (Å²) in [5, 5.41) is 42.4. The molecule has 0 aromatic heterocycles. The minimum atomic E-state index is -1.16. The second kappa shape index (κ2) is 21.1. The van der Waals surface area contributed by atoms with Crippen molar-refractivity contribution >= 4 is 17.9 Å². The Morgan fingerprint density at radius 3 is 1.66 bits per heavy atom. The van der Waals surface area contributed by atoms with Crippen LogP contribution in [0.1, 0.15) is 57.8 Å². The van der Waals surface area contributed by atoms with E-state index >= 15 is 0 Å². The number of carboxylic acids is 3. The van der Waals surface area contributed by atoms with Crippen LogP contribution in [0.3, 0.4) is 0 Å². The van der Waals surface area contributed by atoms with Gasteiger partial charge in [-0.3, -0.25) is 25.0 Å². The quantitative estimate of drug-likeness (QED) is 0.0719. The summed E-state index contributed by atoms with van der Waals surface area (Å²) in [4.78, 5) is 33.1. The molecule has 2 unspecified atom stereocenters. The Labute approximate surface area is 191 Å². The van der Waals surface area contributed by atoms with E-state index in [1.54, 1.807) is 0 Å². The predicted octanol–water partition coefficient (Wildman–Crippen LogP) is 0.0236. The maximum Gasteiger partial charge on any atom is 0.320 e. The van der Waals surface area contributed by atoms with Crippen LogP contribution < -0.4 is 26.6 Å². The first-order valence-corrected chi connectivity index (χ1v) is 11.6.